The Morgan fingerprint density at radius 1 is 1.29 bits per heavy atom. The van der Waals surface area contributed by atoms with Crippen LogP contribution in [0.4, 0.5) is 10.1 Å². The molecule has 1 aromatic carbocycles. The molecule has 0 aliphatic heterocycles. The average Bonchev–Trinajstić information content (AvgIpc) is 3.03. The van der Waals surface area contributed by atoms with E-state index in [9.17, 15) is 9.18 Å². The number of carbonyl (C=O) groups excluding carboxylic acids is 1. The number of halogens is 3. The minimum Gasteiger partial charge on any atom is -0.329 e. The van der Waals surface area contributed by atoms with E-state index in [0.29, 0.717) is 27.8 Å². The van der Waals surface area contributed by atoms with Crippen molar-refractivity contribution < 1.29 is 9.18 Å². The molecule has 3 rings (SSSR count). The number of hydrogen-bond donors (Lipinski definition) is 1. The molecule has 2 aromatic heterocycles. The Hall–Kier alpha value is -2.31. The van der Waals surface area contributed by atoms with Crippen LogP contribution in [0.25, 0.3) is 5.69 Å². The minimum absolute atomic E-state index is 0.278. The first-order chi connectivity index (χ1) is 11.4. The van der Waals surface area contributed by atoms with Gasteiger partial charge in [0.15, 0.2) is 0 Å². The van der Waals surface area contributed by atoms with E-state index in [-0.39, 0.29) is 11.1 Å². The molecule has 0 unspecified atom stereocenters. The van der Waals surface area contributed by atoms with Crippen molar-refractivity contribution in [3.63, 3.8) is 0 Å². The smallest absolute Gasteiger partial charge is 0.272 e. The molecule has 124 valence electrons. The summed E-state index contributed by atoms with van der Waals surface area (Å²) < 4.78 is 16.8. The fourth-order valence-corrected chi connectivity index (χ4v) is 2.72. The Balaban J connectivity index is 1.91. The van der Waals surface area contributed by atoms with Crippen LogP contribution in [0.1, 0.15) is 16.2 Å². The molecule has 0 atom stereocenters. The van der Waals surface area contributed by atoms with Crippen LogP contribution in [0.2, 0.25) is 10.2 Å². The zero-order chi connectivity index (χ0) is 17.4. The van der Waals surface area contributed by atoms with Gasteiger partial charge < -0.3 is 9.88 Å². The highest BCUT2D eigenvalue weighted by molar-refractivity contribution is 6.42. The number of rotatable bonds is 3. The van der Waals surface area contributed by atoms with E-state index < -0.39 is 5.82 Å². The third-order valence-electron chi connectivity index (χ3n) is 3.69. The summed E-state index contributed by atoms with van der Waals surface area (Å²) in [5.74, 6) is -0.787. The molecule has 5 nitrogen and oxygen atoms in total. The van der Waals surface area contributed by atoms with Crippen LogP contribution < -0.4 is 5.32 Å². The van der Waals surface area contributed by atoms with Crippen LogP contribution in [0.5, 0.6) is 0 Å². The van der Waals surface area contributed by atoms with Crippen molar-refractivity contribution in [2.45, 2.75) is 6.92 Å². The van der Waals surface area contributed by atoms with Crippen LogP contribution in [0, 0.1) is 12.7 Å². The fourth-order valence-electron chi connectivity index (χ4n) is 2.35. The van der Waals surface area contributed by atoms with Gasteiger partial charge in [-0.15, -0.1) is 0 Å². The van der Waals surface area contributed by atoms with Gasteiger partial charge in [-0.25, -0.2) is 9.07 Å². The van der Waals surface area contributed by atoms with Gasteiger partial charge in [0.1, 0.15) is 22.4 Å². The lowest BCUT2D eigenvalue weighted by Gasteiger charge is -2.08. The third-order valence-corrected chi connectivity index (χ3v) is 4.53. The lowest BCUT2D eigenvalue weighted by Crippen LogP contribution is -2.16. The van der Waals surface area contributed by atoms with Gasteiger partial charge >= 0.3 is 0 Å². The molecule has 24 heavy (non-hydrogen) atoms. The standard InChI is InChI=1S/C16H13Cl2FN4O/c1-9-12(8-20-23(9)13-6-4-3-5-11(13)19)21-16(24)14-7-10(17)15(18)22(14)2/h3-8H,1-2H3,(H,21,24). The number of hydrogen-bond acceptors (Lipinski definition) is 2. The molecule has 0 aliphatic carbocycles. The van der Waals surface area contributed by atoms with Crippen molar-refractivity contribution in [3.8, 4) is 5.69 Å². The van der Waals surface area contributed by atoms with Crippen molar-refractivity contribution in [2.24, 2.45) is 7.05 Å². The number of para-hydroxylation sites is 1. The summed E-state index contributed by atoms with van der Waals surface area (Å²) in [7, 11) is 1.64. The van der Waals surface area contributed by atoms with Crippen molar-refractivity contribution in [3.05, 3.63) is 63.9 Å². The van der Waals surface area contributed by atoms with Crippen molar-refractivity contribution >= 4 is 34.8 Å². The first-order valence-electron chi connectivity index (χ1n) is 7.01. The minimum atomic E-state index is -0.400. The molecule has 0 saturated heterocycles. The zero-order valence-corrected chi connectivity index (χ0v) is 14.4. The maximum atomic E-state index is 13.9. The molecular formula is C16H13Cl2FN4O. The number of carbonyl (C=O) groups is 1. The summed E-state index contributed by atoms with van der Waals surface area (Å²) in [5.41, 5.74) is 1.68. The quantitative estimate of drug-likeness (QED) is 0.754. The maximum absolute atomic E-state index is 13.9. The van der Waals surface area contributed by atoms with E-state index in [1.807, 2.05) is 0 Å². The SMILES string of the molecule is Cc1c(NC(=O)c2cc(Cl)c(Cl)n2C)cnn1-c1ccccc1F. The summed E-state index contributed by atoms with van der Waals surface area (Å²) in [5, 5.41) is 7.45. The Bertz CT molecular complexity index is 932. The van der Waals surface area contributed by atoms with Crippen LogP contribution in [0.15, 0.2) is 36.5 Å². The normalized spacial score (nSPS) is 10.9. The van der Waals surface area contributed by atoms with Gasteiger partial charge in [0.25, 0.3) is 5.91 Å². The lowest BCUT2D eigenvalue weighted by atomic mass is 10.3. The highest BCUT2D eigenvalue weighted by Gasteiger charge is 2.18. The fraction of sp³-hybridized carbons (Fsp3) is 0.125. The second kappa shape index (κ2) is 6.30. The van der Waals surface area contributed by atoms with E-state index in [1.165, 1.54) is 27.6 Å². The molecule has 0 saturated carbocycles. The monoisotopic (exact) mass is 366 g/mol. The number of aromatic nitrogens is 3. The summed E-state index contributed by atoms with van der Waals surface area (Å²) in [6.07, 6.45) is 1.46. The summed E-state index contributed by atoms with van der Waals surface area (Å²) in [6.45, 7) is 1.74. The number of nitrogens with one attached hydrogen (secondary N) is 1. The zero-order valence-electron chi connectivity index (χ0n) is 12.8. The predicted octanol–water partition coefficient (Wildman–Crippen LogP) is 4.22. The van der Waals surface area contributed by atoms with Gasteiger partial charge in [0.05, 0.1) is 22.6 Å². The Labute approximate surface area is 147 Å². The third kappa shape index (κ3) is 2.79. The summed E-state index contributed by atoms with van der Waals surface area (Å²) >= 11 is 11.9. The molecule has 1 N–H and O–H groups in total. The van der Waals surface area contributed by atoms with Gasteiger partial charge in [-0.2, -0.15) is 5.10 Å². The van der Waals surface area contributed by atoms with E-state index in [0.717, 1.165) is 0 Å². The van der Waals surface area contributed by atoms with E-state index in [1.54, 1.807) is 32.2 Å². The Morgan fingerprint density at radius 2 is 2.00 bits per heavy atom. The van der Waals surface area contributed by atoms with Crippen LogP contribution in [0.3, 0.4) is 0 Å². The molecular weight excluding hydrogens is 354 g/mol. The van der Waals surface area contributed by atoms with Gasteiger partial charge in [-0.3, -0.25) is 4.79 Å². The molecule has 3 aromatic rings. The average molecular weight is 367 g/mol. The molecule has 8 heteroatoms. The lowest BCUT2D eigenvalue weighted by molar-refractivity contribution is 0.101. The van der Waals surface area contributed by atoms with Gasteiger partial charge in [0.2, 0.25) is 0 Å². The summed E-state index contributed by atoms with van der Waals surface area (Å²) in [6, 6.07) is 7.76. The van der Waals surface area contributed by atoms with Crippen molar-refractivity contribution in [1.29, 1.82) is 0 Å². The van der Waals surface area contributed by atoms with Crippen molar-refractivity contribution in [1.82, 2.24) is 14.3 Å². The molecule has 0 aliphatic rings. The van der Waals surface area contributed by atoms with Crippen LogP contribution in [-0.4, -0.2) is 20.3 Å². The number of anilines is 1. The largest absolute Gasteiger partial charge is 0.329 e. The van der Waals surface area contributed by atoms with E-state index in [2.05, 4.69) is 10.4 Å². The Morgan fingerprint density at radius 3 is 2.62 bits per heavy atom. The highest BCUT2D eigenvalue weighted by atomic mass is 35.5. The maximum Gasteiger partial charge on any atom is 0.272 e. The van der Waals surface area contributed by atoms with Gasteiger partial charge in [0, 0.05) is 7.05 Å². The van der Waals surface area contributed by atoms with Gasteiger partial charge in [-0.05, 0) is 25.1 Å². The first-order valence-corrected chi connectivity index (χ1v) is 7.77. The summed E-state index contributed by atoms with van der Waals surface area (Å²) in [4.78, 5) is 12.4. The molecule has 0 radical (unpaired) electrons. The molecule has 0 bridgehead atoms. The second-order valence-corrected chi connectivity index (χ2v) is 5.95. The first kappa shape index (κ1) is 16.5. The van der Waals surface area contributed by atoms with Crippen LogP contribution in [-0.2, 0) is 7.05 Å². The number of benzene rings is 1. The van der Waals surface area contributed by atoms with E-state index >= 15 is 0 Å². The predicted molar refractivity (Wildman–Crippen MR) is 91.6 cm³/mol. The number of nitrogens with zero attached hydrogens (tertiary/aromatic N) is 3. The topological polar surface area (TPSA) is 51.9 Å². The number of amides is 1. The van der Waals surface area contributed by atoms with Gasteiger partial charge in [-0.1, -0.05) is 35.3 Å². The molecule has 2 heterocycles. The molecule has 1 amide bonds. The Kier molecular flexibility index (Phi) is 4.34. The highest BCUT2D eigenvalue weighted by Crippen LogP contribution is 2.26. The second-order valence-electron chi connectivity index (χ2n) is 5.19. The van der Waals surface area contributed by atoms with Crippen molar-refractivity contribution in [2.75, 3.05) is 5.32 Å². The van der Waals surface area contributed by atoms with Crippen LogP contribution >= 0.6 is 23.2 Å². The molecule has 0 spiro atoms. The molecule has 0 fully saturated rings. The van der Waals surface area contributed by atoms with E-state index in [4.69, 9.17) is 23.2 Å².